The molecule has 14 heterocycles. The van der Waals surface area contributed by atoms with Gasteiger partial charge >= 0.3 is 0 Å². The zero-order valence-electron chi connectivity index (χ0n) is 87.6. The van der Waals surface area contributed by atoms with Crippen molar-refractivity contribution >= 4 is 80.9 Å². The highest BCUT2D eigenvalue weighted by molar-refractivity contribution is 5.82. The normalized spacial score (nSPS) is 11.8. The monoisotopic (exact) mass is 2000 g/mol. The van der Waals surface area contributed by atoms with E-state index in [4.69, 9.17) is 28.4 Å². The Morgan fingerprint density at radius 1 is 0.320 bits per heavy atom. The maximum atomic E-state index is 9.34. The van der Waals surface area contributed by atoms with Gasteiger partial charge in [-0.3, -0.25) is 18.7 Å². The first-order valence-corrected chi connectivity index (χ1v) is 46.4. The third-order valence-electron chi connectivity index (χ3n) is 20.5. The lowest BCUT2D eigenvalue weighted by atomic mass is 10.1. The van der Waals surface area contributed by atoms with Gasteiger partial charge in [0, 0.05) is 249 Å². The molecule has 0 aromatic carbocycles. The highest BCUT2D eigenvalue weighted by Crippen LogP contribution is 2.37. The molecule has 14 aromatic heterocycles. The number of nitriles is 5. The molecule has 0 fully saturated rings. The van der Waals surface area contributed by atoms with Gasteiger partial charge in [-0.1, -0.05) is 0 Å². The minimum Gasteiger partial charge on any atom is -0.496 e. The molecule has 0 amide bonds. The van der Waals surface area contributed by atoms with Gasteiger partial charge in [0.2, 0.25) is 28.5 Å². The summed E-state index contributed by atoms with van der Waals surface area (Å²) in [4.78, 5) is 77.1. The molecule has 14 aromatic rings. The van der Waals surface area contributed by atoms with Crippen LogP contribution in [-0.2, 0) is 28.2 Å². The van der Waals surface area contributed by atoms with E-state index in [1.165, 1.54) is 31.0 Å². The number of hydrogen-bond acceptors (Lipinski definition) is 44. The Kier molecular flexibility index (Phi) is 40.8. The first-order valence-electron chi connectivity index (χ1n) is 46.4. The molecule has 0 spiro atoms. The first-order chi connectivity index (χ1) is 70.3. The Bertz CT molecular complexity index is 6750. The molecule has 768 valence electrons. The maximum Gasteiger partial charge on any atom is 0.253 e. The van der Waals surface area contributed by atoms with Crippen LogP contribution in [0.2, 0.25) is 0 Å². The zero-order valence-corrected chi connectivity index (χ0v) is 87.6. The van der Waals surface area contributed by atoms with E-state index in [0.29, 0.717) is 96.7 Å². The van der Waals surface area contributed by atoms with Gasteiger partial charge in [0.05, 0.1) is 62.9 Å². The molecule has 8 N–H and O–H groups in total. The summed E-state index contributed by atoms with van der Waals surface area (Å²) in [6.45, 7) is 17.8. The molecule has 0 unspecified atom stereocenters. The smallest absolute Gasteiger partial charge is 0.253 e. The Balaban J connectivity index is 0.000000188. The fourth-order valence-electron chi connectivity index (χ4n) is 14.5. The van der Waals surface area contributed by atoms with E-state index in [2.05, 4.69) is 138 Å². The lowest BCUT2D eigenvalue weighted by Gasteiger charge is -2.19. The highest BCUT2D eigenvalue weighted by Gasteiger charge is 2.24. The van der Waals surface area contributed by atoms with Gasteiger partial charge in [-0.2, -0.15) is 71.6 Å². The summed E-state index contributed by atoms with van der Waals surface area (Å²) in [5.41, 5.74) is 13.0. The van der Waals surface area contributed by atoms with Crippen LogP contribution >= 0.6 is 0 Å². The molecule has 14 rings (SSSR count). The lowest BCUT2D eigenvalue weighted by molar-refractivity contribution is 0.169. The van der Waals surface area contributed by atoms with Crippen LogP contribution in [0, 0.1) is 63.6 Å². The fourth-order valence-corrected chi connectivity index (χ4v) is 14.5. The summed E-state index contributed by atoms with van der Waals surface area (Å²) in [7, 11) is 36.2. The number of pyridine rings is 5. The molecule has 48 nitrogen and oxygen atoms in total. The number of nitrogens with zero attached hydrogens (tertiary/aromatic N) is 34. The van der Waals surface area contributed by atoms with Crippen molar-refractivity contribution < 1.29 is 28.4 Å². The molecule has 0 saturated carbocycles. The largest absolute Gasteiger partial charge is 0.496 e. The van der Waals surface area contributed by atoms with Gasteiger partial charge in [0.15, 0.2) is 29.1 Å². The predicted molar refractivity (Wildman–Crippen MR) is 562 cm³/mol. The molecule has 5 atom stereocenters. The van der Waals surface area contributed by atoms with E-state index in [0.717, 1.165) is 79.4 Å². The summed E-state index contributed by atoms with van der Waals surface area (Å²) in [6, 6.07) is 19.4. The molecule has 0 aliphatic heterocycles. The average molecular weight is 2000 g/mol. The SMILES string of the molecule is CCNc1cc(Nc2cnc(C#N)c(O[C@H](C)CN(C)C)n2)ncc1-c1cnn(C)c1.CNc1cc(Nc2cnc(C#N)c(O[C@H](C)CN(C)C)n2)ncc1-c1cnn(C)c1.CNc1cc(Nc2cnc(C#N)c(O[C@H](C)CN(C)C)n2)ncc1C.COc1cc(Nc2cnc(C#N)c(O[C@H](C)CN(C)C)n2)ncc1-c1cnn(C)c1.C[C@H](CN(C)C)Oc1nc(Nc2cc(N(C)C)c(-c3cnn(C)c3)cn2)cnc1C#N. The first kappa shape index (κ1) is 111. The summed E-state index contributed by atoms with van der Waals surface area (Å²) >= 11 is 0. The van der Waals surface area contributed by atoms with Gasteiger partial charge in [0.25, 0.3) is 29.4 Å². The second kappa shape index (κ2) is 53.9. The minimum absolute atomic E-state index is 0.125. The Morgan fingerprint density at radius 2 is 0.578 bits per heavy atom. The van der Waals surface area contributed by atoms with Crippen molar-refractivity contribution in [3.05, 3.63) is 176 Å². The standard InChI is InChI=1S/2C21H27N9O.C20H25N9O.C20H24N8O2.C17H23N7O/c1-14(12-28(2)3)31-21-17(8-22)23-11-20(27-21)26-19-7-18(29(4)5)16(10-24-19)15-9-25-30(6)13-15;1-6-23-17-7-19(25-10-16(17)15-9-26-30(5)13-15)27-20-11-24-18(8-22)21(28-20)31-14(2)12-29(3)4;1-13(11-28(3)4)30-20-17(7-21)23-10-19(27-20)26-18-6-16(22-2)15(9-24-18)14-8-25-29(5)12-14;1-13(11-27(2)3)30-20-16(7-21)22-10-19(26-20)25-18-6-17(29-5)15(9-23-18)14-8-24-28(4)12-14;1-11-8-21-15(6-13(11)19-3)22-16-9-20-14(7-18)17(23-16)25-12(2)10-24(4)5/h7,9-11,13-14H,12H2,1-6H3,(H,24,26,27);7,9-11,13-14H,6,12H2,1-5H3,(H2,23,25,27,28);6,8-10,12-13H,11H2,1-5H3,(H2,22,24,26,27);6,8-10,12-13H,11H2,1-5H3,(H,23,25,26);6,8-9,12H,10H2,1-5H3,(H2,19,21,22,23)/t2*14-;2*13-;12-/m11111/s1. The average Bonchev–Trinajstić information content (AvgIpc) is 1.71. The van der Waals surface area contributed by atoms with Crippen molar-refractivity contribution in [1.29, 1.82) is 26.3 Å². The summed E-state index contributed by atoms with van der Waals surface area (Å²) < 4.78 is 41.6. The Hall–Kier alpha value is -17.8. The van der Waals surface area contributed by atoms with E-state index in [1.807, 2.05) is 290 Å². The summed E-state index contributed by atoms with van der Waals surface area (Å²) in [5, 5.41) is 88.6. The van der Waals surface area contributed by atoms with E-state index >= 15 is 0 Å². The van der Waals surface area contributed by atoms with Gasteiger partial charge in [-0.25, -0.2) is 49.8 Å². The van der Waals surface area contributed by atoms with Crippen LogP contribution in [0.1, 0.15) is 75.6 Å². The summed E-state index contributed by atoms with van der Waals surface area (Å²) in [5.74, 6) is 6.71. The quantitative estimate of drug-likeness (QED) is 0.0177. The van der Waals surface area contributed by atoms with Crippen LogP contribution in [0.4, 0.5) is 80.9 Å². The van der Waals surface area contributed by atoms with Crippen LogP contribution in [0.5, 0.6) is 35.1 Å². The van der Waals surface area contributed by atoms with Crippen molar-refractivity contribution in [2.24, 2.45) is 28.2 Å². The van der Waals surface area contributed by atoms with E-state index in [1.54, 1.807) is 81.5 Å². The van der Waals surface area contributed by atoms with Gasteiger partial charge in [0.1, 0.15) is 95.7 Å². The zero-order chi connectivity index (χ0) is 107. The second-order valence-corrected chi connectivity index (χ2v) is 35.2. The van der Waals surface area contributed by atoms with E-state index < -0.39 is 0 Å². The van der Waals surface area contributed by atoms with Crippen LogP contribution in [-0.4, -0.2) is 314 Å². The topological polar surface area (TPSA) is 555 Å². The molecule has 48 heteroatoms. The van der Waals surface area contributed by atoms with Crippen LogP contribution in [0.3, 0.4) is 0 Å². The number of ether oxygens (including phenoxy) is 6. The highest BCUT2D eigenvalue weighted by atomic mass is 16.5. The lowest BCUT2D eigenvalue weighted by Crippen LogP contribution is -2.28. The molecule has 0 saturated heterocycles. The van der Waals surface area contributed by atoms with Crippen LogP contribution in [0.15, 0.2) is 142 Å². The van der Waals surface area contributed by atoms with Gasteiger partial charge in [-0.05, 0) is 125 Å². The Labute approximate surface area is 855 Å². The van der Waals surface area contributed by atoms with Gasteiger partial charge in [-0.15, -0.1) is 0 Å². The van der Waals surface area contributed by atoms with Crippen molar-refractivity contribution in [2.75, 3.05) is 192 Å². The third kappa shape index (κ3) is 33.4. The van der Waals surface area contributed by atoms with E-state index in [-0.39, 0.29) is 88.4 Å². The van der Waals surface area contributed by atoms with Crippen molar-refractivity contribution in [3.63, 3.8) is 0 Å². The molecule has 0 radical (unpaired) electrons. The number of likely N-dealkylation sites (N-methyl/N-ethyl adjacent to an activating group) is 5. The maximum absolute atomic E-state index is 9.34. The molecule has 0 aliphatic rings. The van der Waals surface area contributed by atoms with Crippen molar-refractivity contribution in [2.45, 2.75) is 79.0 Å². The number of rotatable bonds is 40. The fraction of sp³-hybridized carbons (Fsp3) is 0.374. The number of hydrogen-bond donors (Lipinski definition) is 8. The van der Waals surface area contributed by atoms with Crippen LogP contribution in [0.25, 0.3) is 44.5 Å². The predicted octanol–water partition coefficient (Wildman–Crippen LogP) is 11.6. The van der Waals surface area contributed by atoms with Crippen molar-refractivity contribution in [1.82, 2.24) is 138 Å². The number of anilines is 14. The molecule has 0 aliphatic carbocycles. The number of aromatic nitrogens is 23. The Morgan fingerprint density at radius 3 is 0.850 bits per heavy atom. The number of nitrogens with one attached hydrogen (secondary N) is 8. The van der Waals surface area contributed by atoms with Crippen LogP contribution < -0.4 is 75.9 Å². The summed E-state index contributed by atoms with van der Waals surface area (Å²) in [6.07, 6.45) is 30.3. The number of methoxy groups -OCH3 is 1. The number of aryl methyl sites for hydroxylation is 5. The second-order valence-electron chi connectivity index (χ2n) is 35.2. The minimum atomic E-state index is -0.159. The molecular weight excluding hydrogens is 1870 g/mol. The molecular formula is C99H126N42O6. The molecule has 0 bridgehead atoms. The molecule has 147 heavy (non-hydrogen) atoms. The van der Waals surface area contributed by atoms with Crippen molar-refractivity contribution in [3.8, 4) is 110 Å². The third-order valence-corrected chi connectivity index (χ3v) is 20.5. The van der Waals surface area contributed by atoms with Gasteiger partial charge < -0.3 is 100 Å². The van der Waals surface area contributed by atoms with E-state index in [9.17, 15) is 26.3 Å².